The number of carbonyl (C=O) groups is 2. The van der Waals surface area contributed by atoms with Crippen molar-refractivity contribution in [2.75, 3.05) is 26.2 Å². The van der Waals surface area contributed by atoms with Crippen LogP contribution in [0.1, 0.15) is 51.5 Å². The van der Waals surface area contributed by atoms with Crippen LogP contribution in [-0.4, -0.2) is 47.8 Å². The van der Waals surface area contributed by atoms with Crippen molar-refractivity contribution in [2.24, 2.45) is 5.92 Å². The van der Waals surface area contributed by atoms with E-state index in [4.69, 9.17) is 0 Å². The first kappa shape index (κ1) is 19.5. The molecule has 25 heavy (non-hydrogen) atoms. The first-order chi connectivity index (χ1) is 12.2. The van der Waals surface area contributed by atoms with Crippen molar-refractivity contribution in [1.29, 1.82) is 0 Å². The molecule has 1 fully saturated rings. The monoisotopic (exact) mass is 344 g/mol. The van der Waals surface area contributed by atoms with Crippen LogP contribution in [0, 0.1) is 5.92 Å². The number of amides is 2. The van der Waals surface area contributed by atoms with Crippen molar-refractivity contribution in [3.8, 4) is 0 Å². The Morgan fingerprint density at radius 2 is 1.64 bits per heavy atom. The van der Waals surface area contributed by atoms with Crippen molar-refractivity contribution in [3.63, 3.8) is 0 Å². The number of rotatable bonds is 8. The topological polar surface area (TPSA) is 40.6 Å². The number of piperidine rings is 1. The summed E-state index contributed by atoms with van der Waals surface area (Å²) in [6.45, 7) is 7.37. The quantitative estimate of drug-likeness (QED) is 0.724. The first-order valence-corrected chi connectivity index (χ1v) is 9.76. The predicted molar refractivity (Wildman–Crippen MR) is 101 cm³/mol. The van der Waals surface area contributed by atoms with Gasteiger partial charge in [0, 0.05) is 38.5 Å². The van der Waals surface area contributed by atoms with Gasteiger partial charge in [-0.05, 0) is 37.7 Å². The standard InChI is InChI=1S/C21H32N2O2/c1-3-14-23(15-4-2)21(25)19-12-16-22(17-13-19)20(24)11-10-18-8-6-5-7-9-18/h5-9,19H,3-4,10-17H2,1-2H3. The molecule has 0 bridgehead atoms. The molecule has 138 valence electrons. The second-order valence-electron chi connectivity index (χ2n) is 6.97. The Bertz CT molecular complexity index is 530. The highest BCUT2D eigenvalue weighted by Gasteiger charge is 2.29. The van der Waals surface area contributed by atoms with Crippen LogP contribution in [-0.2, 0) is 16.0 Å². The van der Waals surface area contributed by atoms with E-state index in [1.807, 2.05) is 28.0 Å². The molecule has 1 saturated heterocycles. The molecule has 1 heterocycles. The molecule has 1 aromatic rings. The minimum absolute atomic E-state index is 0.0938. The van der Waals surface area contributed by atoms with E-state index in [0.717, 1.165) is 58.3 Å². The Kier molecular flexibility index (Phi) is 7.96. The molecule has 0 unspecified atom stereocenters. The molecule has 0 N–H and O–H groups in total. The lowest BCUT2D eigenvalue weighted by Gasteiger charge is -2.34. The number of hydrogen-bond acceptors (Lipinski definition) is 2. The van der Waals surface area contributed by atoms with Crippen molar-refractivity contribution >= 4 is 11.8 Å². The van der Waals surface area contributed by atoms with Gasteiger partial charge in [0.15, 0.2) is 0 Å². The van der Waals surface area contributed by atoms with Crippen LogP contribution in [0.4, 0.5) is 0 Å². The van der Waals surface area contributed by atoms with Crippen LogP contribution in [0.3, 0.4) is 0 Å². The third-order valence-electron chi connectivity index (χ3n) is 4.97. The van der Waals surface area contributed by atoms with Gasteiger partial charge in [-0.15, -0.1) is 0 Å². The molecular formula is C21H32N2O2. The van der Waals surface area contributed by atoms with Crippen molar-refractivity contribution < 1.29 is 9.59 Å². The van der Waals surface area contributed by atoms with Crippen LogP contribution < -0.4 is 0 Å². The van der Waals surface area contributed by atoms with Crippen LogP contribution >= 0.6 is 0 Å². The molecule has 1 aromatic carbocycles. The Labute approximate surface area is 152 Å². The highest BCUT2D eigenvalue weighted by atomic mass is 16.2. The maximum Gasteiger partial charge on any atom is 0.225 e. The molecule has 0 spiro atoms. The van der Waals surface area contributed by atoms with E-state index in [9.17, 15) is 9.59 Å². The maximum atomic E-state index is 12.7. The molecule has 2 amide bonds. The second kappa shape index (κ2) is 10.2. The van der Waals surface area contributed by atoms with Gasteiger partial charge in [0.05, 0.1) is 0 Å². The van der Waals surface area contributed by atoms with Crippen LogP contribution in [0.15, 0.2) is 30.3 Å². The molecule has 4 nitrogen and oxygen atoms in total. The lowest BCUT2D eigenvalue weighted by atomic mass is 9.94. The fraction of sp³-hybridized carbons (Fsp3) is 0.619. The van der Waals surface area contributed by atoms with Crippen molar-refractivity contribution in [1.82, 2.24) is 9.80 Å². The number of nitrogens with zero attached hydrogens (tertiary/aromatic N) is 2. The Hall–Kier alpha value is -1.84. The van der Waals surface area contributed by atoms with Gasteiger partial charge in [-0.1, -0.05) is 44.2 Å². The molecule has 0 aliphatic carbocycles. The average Bonchev–Trinajstić information content (AvgIpc) is 2.66. The normalized spacial score (nSPS) is 15.2. The molecule has 0 saturated carbocycles. The summed E-state index contributed by atoms with van der Waals surface area (Å²) >= 11 is 0. The van der Waals surface area contributed by atoms with E-state index >= 15 is 0 Å². The lowest BCUT2D eigenvalue weighted by molar-refractivity contribution is -0.140. The molecule has 0 atom stereocenters. The van der Waals surface area contributed by atoms with E-state index < -0.39 is 0 Å². The molecule has 0 radical (unpaired) electrons. The van der Waals surface area contributed by atoms with Gasteiger partial charge in [0.2, 0.25) is 11.8 Å². The van der Waals surface area contributed by atoms with Crippen molar-refractivity contribution in [3.05, 3.63) is 35.9 Å². The van der Waals surface area contributed by atoms with Gasteiger partial charge >= 0.3 is 0 Å². The van der Waals surface area contributed by atoms with Crippen LogP contribution in [0.5, 0.6) is 0 Å². The molecule has 4 heteroatoms. The molecule has 0 aromatic heterocycles. The zero-order valence-electron chi connectivity index (χ0n) is 15.7. The number of carbonyl (C=O) groups excluding carboxylic acids is 2. The number of likely N-dealkylation sites (tertiary alicyclic amines) is 1. The summed E-state index contributed by atoms with van der Waals surface area (Å²) in [5.41, 5.74) is 1.20. The van der Waals surface area contributed by atoms with E-state index in [1.165, 1.54) is 5.56 Å². The zero-order chi connectivity index (χ0) is 18.1. The van der Waals surface area contributed by atoms with Gasteiger partial charge in [0.1, 0.15) is 0 Å². The fourth-order valence-corrected chi connectivity index (χ4v) is 3.56. The van der Waals surface area contributed by atoms with Gasteiger partial charge in [-0.2, -0.15) is 0 Å². The largest absolute Gasteiger partial charge is 0.343 e. The second-order valence-corrected chi connectivity index (χ2v) is 6.97. The zero-order valence-corrected chi connectivity index (χ0v) is 15.7. The number of hydrogen-bond donors (Lipinski definition) is 0. The van der Waals surface area contributed by atoms with E-state index in [1.54, 1.807) is 0 Å². The highest BCUT2D eigenvalue weighted by Crippen LogP contribution is 2.21. The van der Waals surface area contributed by atoms with Gasteiger partial charge in [0.25, 0.3) is 0 Å². The van der Waals surface area contributed by atoms with Crippen LogP contribution in [0.2, 0.25) is 0 Å². The van der Waals surface area contributed by atoms with Gasteiger partial charge in [-0.3, -0.25) is 9.59 Å². The summed E-state index contributed by atoms with van der Waals surface area (Å²) in [5.74, 6) is 0.602. The first-order valence-electron chi connectivity index (χ1n) is 9.76. The third kappa shape index (κ3) is 5.87. The molecular weight excluding hydrogens is 312 g/mol. The smallest absolute Gasteiger partial charge is 0.225 e. The summed E-state index contributed by atoms with van der Waals surface area (Å²) in [5, 5.41) is 0. The average molecular weight is 344 g/mol. The SMILES string of the molecule is CCCN(CCC)C(=O)C1CCN(C(=O)CCc2ccccc2)CC1. The number of aryl methyl sites for hydroxylation is 1. The van der Waals surface area contributed by atoms with E-state index in [0.29, 0.717) is 12.3 Å². The number of benzene rings is 1. The summed E-state index contributed by atoms with van der Waals surface area (Å²) in [7, 11) is 0. The Morgan fingerprint density at radius 3 is 2.20 bits per heavy atom. The lowest BCUT2D eigenvalue weighted by Crippen LogP contribution is -2.44. The minimum atomic E-state index is 0.0938. The fourth-order valence-electron chi connectivity index (χ4n) is 3.56. The Balaban J connectivity index is 1.78. The summed E-state index contributed by atoms with van der Waals surface area (Å²) < 4.78 is 0. The third-order valence-corrected chi connectivity index (χ3v) is 4.97. The predicted octanol–water partition coefficient (Wildman–Crippen LogP) is 3.51. The van der Waals surface area contributed by atoms with Gasteiger partial charge in [-0.25, -0.2) is 0 Å². The summed E-state index contributed by atoms with van der Waals surface area (Å²) in [6, 6.07) is 10.1. The van der Waals surface area contributed by atoms with Crippen molar-refractivity contribution in [2.45, 2.75) is 52.4 Å². The summed E-state index contributed by atoms with van der Waals surface area (Å²) in [6.07, 6.45) is 4.96. The van der Waals surface area contributed by atoms with E-state index in [-0.39, 0.29) is 11.8 Å². The van der Waals surface area contributed by atoms with Crippen LogP contribution in [0.25, 0.3) is 0 Å². The Morgan fingerprint density at radius 1 is 1.04 bits per heavy atom. The molecule has 2 rings (SSSR count). The van der Waals surface area contributed by atoms with E-state index in [2.05, 4.69) is 26.0 Å². The molecule has 1 aliphatic heterocycles. The maximum absolute atomic E-state index is 12.7. The highest BCUT2D eigenvalue weighted by molar-refractivity contribution is 5.80. The molecule has 1 aliphatic rings. The summed E-state index contributed by atoms with van der Waals surface area (Å²) in [4.78, 5) is 29.1. The minimum Gasteiger partial charge on any atom is -0.343 e. The van der Waals surface area contributed by atoms with Gasteiger partial charge < -0.3 is 9.80 Å².